The summed E-state index contributed by atoms with van der Waals surface area (Å²) in [5, 5.41) is 3.05. The van der Waals surface area contributed by atoms with E-state index in [2.05, 4.69) is 45.4 Å². The molecule has 1 aliphatic heterocycles. The molecule has 2 aliphatic rings. The van der Waals surface area contributed by atoms with Crippen molar-refractivity contribution in [2.75, 3.05) is 37.6 Å². The van der Waals surface area contributed by atoms with Gasteiger partial charge in [-0.2, -0.15) is 0 Å². The average Bonchev–Trinajstić information content (AvgIpc) is 3.31. The number of rotatable bonds is 5. The number of hydrogen-bond acceptors (Lipinski definition) is 3. The van der Waals surface area contributed by atoms with Crippen LogP contribution in [-0.4, -0.2) is 49.6 Å². The van der Waals surface area contributed by atoms with Crippen LogP contribution in [0.4, 0.5) is 5.69 Å². The number of piperazine rings is 1. The lowest BCUT2D eigenvalue weighted by Crippen LogP contribution is -2.47. The summed E-state index contributed by atoms with van der Waals surface area (Å²) in [6.07, 6.45) is 2.98. The Labute approximate surface area is 120 Å². The van der Waals surface area contributed by atoms with Crippen molar-refractivity contribution in [1.29, 1.82) is 0 Å². The first kappa shape index (κ1) is 13.4. The Bertz CT molecular complexity index is 436. The molecular weight excluding hydrogens is 250 g/mol. The van der Waals surface area contributed by atoms with Crippen LogP contribution >= 0.6 is 0 Å². The molecule has 0 aromatic heterocycles. The molecule has 1 heterocycles. The Morgan fingerprint density at radius 1 is 1.10 bits per heavy atom. The first-order valence-corrected chi connectivity index (χ1v) is 7.63. The van der Waals surface area contributed by atoms with Crippen LogP contribution in [0, 0.1) is 0 Å². The van der Waals surface area contributed by atoms with E-state index in [-0.39, 0.29) is 5.91 Å². The van der Waals surface area contributed by atoms with Gasteiger partial charge >= 0.3 is 0 Å². The van der Waals surface area contributed by atoms with Gasteiger partial charge in [0.05, 0.1) is 0 Å². The van der Waals surface area contributed by atoms with Crippen LogP contribution in [0.25, 0.3) is 0 Å². The topological polar surface area (TPSA) is 35.6 Å². The van der Waals surface area contributed by atoms with E-state index in [0.717, 1.165) is 32.7 Å². The van der Waals surface area contributed by atoms with Crippen molar-refractivity contribution in [2.45, 2.75) is 25.3 Å². The molecule has 0 unspecified atom stereocenters. The van der Waals surface area contributed by atoms with Crippen LogP contribution in [0.15, 0.2) is 30.3 Å². The zero-order valence-corrected chi connectivity index (χ0v) is 11.9. The summed E-state index contributed by atoms with van der Waals surface area (Å²) in [5.41, 5.74) is 1.30. The Balaban J connectivity index is 1.38. The number of para-hydroxylation sites is 1. The maximum Gasteiger partial charge on any atom is 0.221 e. The van der Waals surface area contributed by atoms with Crippen molar-refractivity contribution in [3.63, 3.8) is 0 Å². The molecule has 0 radical (unpaired) electrons. The van der Waals surface area contributed by atoms with Crippen LogP contribution in [0.1, 0.15) is 19.3 Å². The highest BCUT2D eigenvalue weighted by Gasteiger charge is 2.23. The van der Waals surface area contributed by atoms with Gasteiger partial charge in [-0.3, -0.25) is 9.69 Å². The van der Waals surface area contributed by atoms with Gasteiger partial charge in [0.1, 0.15) is 0 Å². The highest BCUT2D eigenvalue weighted by atomic mass is 16.1. The number of nitrogens with zero attached hydrogens (tertiary/aromatic N) is 2. The number of carbonyl (C=O) groups excluding carboxylic acids is 1. The van der Waals surface area contributed by atoms with Crippen LogP contribution in [0.3, 0.4) is 0 Å². The summed E-state index contributed by atoms with van der Waals surface area (Å²) in [6.45, 7) is 5.08. The minimum Gasteiger partial charge on any atom is -0.369 e. The normalized spacial score (nSPS) is 19.9. The number of carbonyl (C=O) groups is 1. The minimum absolute atomic E-state index is 0.220. The largest absolute Gasteiger partial charge is 0.369 e. The zero-order valence-electron chi connectivity index (χ0n) is 11.9. The van der Waals surface area contributed by atoms with Crippen molar-refractivity contribution in [1.82, 2.24) is 10.2 Å². The van der Waals surface area contributed by atoms with E-state index in [1.807, 2.05) is 0 Å². The second-order valence-electron chi connectivity index (χ2n) is 5.76. The van der Waals surface area contributed by atoms with Crippen LogP contribution < -0.4 is 10.2 Å². The molecule has 4 heteroatoms. The van der Waals surface area contributed by atoms with Crippen molar-refractivity contribution >= 4 is 11.6 Å². The summed E-state index contributed by atoms with van der Waals surface area (Å²) in [6, 6.07) is 11.0. The van der Waals surface area contributed by atoms with E-state index < -0.39 is 0 Å². The number of benzene rings is 1. The summed E-state index contributed by atoms with van der Waals surface area (Å²) in [5.74, 6) is 0.220. The highest BCUT2D eigenvalue weighted by Crippen LogP contribution is 2.19. The third kappa shape index (κ3) is 3.73. The summed E-state index contributed by atoms with van der Waals surface area (Å²) < 4.78 is 0. The predicted molar refractivity (Wildman–Crippen MR) is 80.9 cm³/mol. The molecule has 2 fully saturated rings. The maximum atomic E-state index is 11.7. The molecular formula is C16H23N3O. The van der Waals surface area contributed by atoms with E-state index in [0.29, 0.717) is 12.5 Å². The lowest BCUT2D eigenvalue weighted by molar-refractivity contribution is -0.121. The molecule has 0 bridgehead atoms. The molecule has 1 N–H and O–H groups in total. The fraction of sp³-hybridized carbons (Fsp3) is 0.562. The summed E-state index contributed by atoms with van der Waals surface area (Å²) in [4.78, 5) is 16.5. The third-order valence-corrected chi connectivity index (χ3v) is 4.09. The molecule has 4 nitrogen and oxygen atoms in total. The van der Waals surface area contributed by atoms with Gasteiger partial charge in [0.2, 0.25) is 5.91 Å². The Morgan fingerprint density at radius 2 is 1.80 bits per heavy atom. The third-order valence-electron chi connectivity index (χ3n) is 4.09. The van der Waals surface area contributed by atoms with Crippen LogP contribution in [0.5, 0.6) is 0 Å². The van der Waals surface area contributed by atoms with Crippen molar-refractivity contribution < 1.29 is 4.79 Å². The number of anilines is 1. The summed E-state index contributed by atoms with van der Waals surface area (Å²) in [7, 11) is 0. The lowest BCUT2D eigenvalue weighted by atomic mass is 10.2. The van der Waals surface area contributed by atoms with Gasteiger partial charge in [-0.1, -0.05) is 18.2 Å². The van der Waals surface area contributed by atoms with Crippen molar-refractivity contribution in [2.24, 2.45) is 0 Å². The van der Waals surface area contributed by atoms with Gasteiger partial charge in [-0.05, 0) is 25.0 Å². The van der Waals surface area contributed by atoms with E-state index in [9.17, 15) is 4.79 Å². The van der Waals surface area contributed by atoms with Gasteiger partial charge in [0.15, 0.2) is 0 Å². The maximum absolute atomic E-state index is 11.7. The van der Waals surface area contributed by atoms with Gasteiger partial charge in [0, 0.05) is 50.9 Å². The monoisotopic (exact) mass is 273 g/mol. The Hall–Kier alpha value is -1.55. The van der Waals surface area contributed by atoms with E-state index >= 15 is 0 Å². The molecule has 0 atom stereocenters. The van der Waals surface area contributed by atoms with Gasteiger partial charge in [-0.15, -0.1) is 0 Å². The standard InChI is InChI=1S/C16H23N3O/c20-16(17-14-6-7-14)8-9-18-10-12-19(13-11-18)15-4-2-1-3-5-15/h1-5,14H,6-13H2,(H,17,20). The fourth-order valence-electron chi connectivity index (χ4n) is 2.66. The molecule has 20 heavy (non-hydrogen) atoms. The molecule has 1 aliphatic carbocycles. The first-order valence-electron chi connectivity index (χ1n) is 7.63. The average molecular weight is 273 g/mol. The highest BCUT2D eigenvalue weighted by molar-refractivity contribution is 5.76. The molecule has 0 spiro atoms. The quantitative estimate of drug-likeness (QED) is 0.882. The molecule has 1 amide bonds. The van der Waals surface area contributed by atoms with Crippen LogP contribution in [0.2, 0.25) is 0 Å². The molecule has 108 valence electrons. The predicted octanol–water partition coefficient (Wildman–Crippen LogP) is 1.48. The molecule has 1 aromatic carbocycles. The molecule has 1 saturated heterocycles. The molecule has 3 rings (SSSR count). The van der Waals surface area contributed by atoms with Gasteiger partial charge in [0.25, 0.3) is 0 Å². The minimum atomic E-state index is 0.220. The first-order chi connectivity index (χ1) is 9.81. The second-order valence-corrected chi connectivity index (χ2v) is 5.76. The van der Waals surface area contributed by atoms with Gasteiger partial charge in [-0.25, -0.2) is 0 Å². The van der Waals surface area contributed by atoms with Crippen molar-refractivity contribution in [3.05, 3.63) is 30.3 Å². The lowest BCUT2D eigenvalue weighted by Gasteiger charge is -2.36. The zero-order chi connectivity index (χ0) is 13.8. The second kappa shape index (κ2) is 6.27. The van der Waals surface area contributed by atoms with E-state index in [4.69, 9.17) is 0 Å². The van der Waals surface area contributed by atoms with Gasteiger partial charge < -0.3 is 10.2 Å². The number of amides is 1. The Morgan fingerprint density at radius 3 is 2.45 bits per heavy atom. The van der Waals surface area contributed by atoms with Crippen LogP contribution in [-0.2, 0) is 4.79 Å². The number of nitrogens with one attached hydrogen (secondary N) is 1. The molecule has 1 aromatic rings. The number of hydrogen-bond donors (Lipinski definition) is 1. The van der Waals surface area contributed by atoms with Crippen molar-refractivity contribution in [3.8, 4) is 0 Å². The Kier molecular flexibility index (Phi) is 4.21. The SMILES string of the molecule is O=C(CCN1CCN(c2ccccc2)CC1)NC1CC1. The fourth-order valence-corrected chi connectivity index (χ4v) is 2.66. The smallest absolute Gasteiger partial charge is 0.221 e. The van der Waals surface area contributed by atoms with E-state index in [1.54, 1.807) is 0 Å². The summed E-state index contributed by atoms with van der Waals surface area (Å²) >= 11 is 0. The molecule has 1 saturated carbocycles. The van der Waals surface area contributed by atoms with E-state index in [1.165, 1.54) is 18.5 Å².